The second kappa shape index (κ2) is 13.6. The average Bonchev–Trinajstić information content (AvgIpc) is 3.53. The Morgan fingerprint density at radius 3 is 2.48 bits per heavy atom. The Bertz CT molecular complexity index is 1700. The fraction of sp³-hybridized carbons (Fsp3) is 0.485. The number of aromatic nitrogens is 2. The number of hydrogen-bond acceptors (Lipinski definition) is 9. The number of hydrogen-bond donors (Lipinski definition) is 5. The average molecular weight is 687 g/mol. The molecule has 1 aliphatic heterocycles. The summed E-state index contributed by atoms with van der Waals surface area (Å²) in [6, 6.07) is 3.15. The van der Waals surface area contributed by atoms with Crippen molar-refractivity contribution in [1.29, 1.82) is 0 Å². The van der Waals surface area contributed by atoms with Gasteiger partial charge in [0.25, 0.3) is 0 Å². The lowest BCUT2D eigenvalue weighted by Gasteiger charge is -2.36. The van der Waals surface area contributed by atoms with Crippen LogP contribution in [0.25, 0.3) is 10.6 Å². The number of carboxylic acid groups (broad SMARTS) is 1. The standard InChI is InChI=1S/C33H40F2N6O6S/c1-32(2,3)47-31(46)40-27-21(38-28(48-27)24-19(34)9-6-10-20(24)35)14-33(4,5)29(43)39-22-15-36-25-18(11-12-23(25)42)26(22)41-13-7-8-17(16-41)37-30(44)45/h6,9-10,15,17,23,37,42H,7-8,11-14,16H2,1-5H3,(H,39,43)(H,40,46)(H,44,45)/t17-,23?/m0/s1. The van der Waals surface area contributed by atoms with E-state index >= 15 is 0 Å². The lowest BCUT2D eigenvalue weighted by molar-refractivity contribution is -0.123. The van der Waals surface area contributed by atoms with E-state index in [9.17, 15) is 33.4 Å². The number of fused-ring (bicyclic) bond motifs is 1. The van der Waals surface area contributed by atoms with Gasteiger partial charge in [-0.1, -0.05) is 31.3 Å². The second-order valence-corrected chi connectivity index (χ2v) is 14.7. The number of benzene rings is 1. The van der Waals surface area contributed by atoms with Gasteiger partial charge >= 0.3 is 12.2 Å². The van der Waals surface area contributed by atoms with Gasteiger partial charge in [0.2, 0.25) is 5.91 Å². The van der Waals surface area contributed by atoms with Gasteiger partial charge in [-0.2, -0.15) is 0 Å². The van der Waals surface area contributed by atoms with Crippen molar-refractivity contribution >= 4 is 45.8 Å². The summed E-state index contributed by atoms with van der Waals surface area (Å²) in [5.41, 5.74) is 0.332. The minimum absolute atomic E-state index is 0.0128. The van der Waals surface area contributed by atoms with E-state index < -0.39 is 46.8 Å². The van der Waals surface area contributed by atoms with Gasteiger partial charge < -0.3 is 30.5 Å². The van der Waals surface area contributed by atoms with Crippen LogP contribution in [0.1, 0.15) is 76.9 Å². The van der Waals surface area contributed by atoms with Crippen molar-refractivity contribution in [2.24, 2.45) is 5.41 Å². The minimum Gasteiger partial charge on any atom is -0.465 e. The van der Waals surface area contributed by atoms with Gasteiger partial charge in [0, 0.05) is 36.5 Å². The zero-order valence-electron chi connectivity index (χ0n) is 27.4. The molecule has 258 valence electrons. The number of aliphatic hydroxyl groups is 1. The Morgan fingerprint density at radius 1 is 1.10 bits per heavy atom. The summed E-state index contributed by atoms with van der Waals surface area (Å²) in [7, 11) is 0. The number of halogens is 2. The van der Waals surface area contributed by atoms with Crippen LogP contribution in [0.4, 0.5) is 34.7 Å². The van der Waals surface area contributed by atoms with Crippen LogP contribution in [-0.2, 0) is 22.4 Å². The van der Waals surface area contributed by atoms with Crippen LogP contribution in [0.2, 0.25) is 0 Å². The molecule has 15 heteroatoms. The number of piperidine rings is 1. The van der Waals surface area contributed by atoms with E-state index in [1.165, 1.54) is 12.3 Å². The van der Waals surface area contributed by atoms with Gasteiger partial charge in [0.05, 0.1) is 40.6 Å². The van der Waals surface area contributed by atoms with E-state index in [0.717, 1.165) is 29.0 Å². The summed E-state index contributed by atoms with van der Waals surface area (Å²) in [5.74, 6) is -2.07. The van der Waals surface area contributed by atoms with E-state index in [4.69, 9.17) is 4.74 Å². The SMILES string of the molecule is CC(C)(C)OC(=O)Nc1sc(-c2c(F)cccc2F)nc1CC(C)(C)C(=O)Nc1cnc2c(c1N1CCC[C@H](NC(=O)O)C1)CCC2O. The number of anilines is 3. The van der Waals surface area contributed by atoms with Crippen LogP contribution in [0.5, 0.6) is 0 Å². The van der Waals surface area contributed by atoms with E-state index in [1.807, 2.05) is 4.90 Å². The Labute approximate surface area is 280 Å². The number of nitrogens with zero attached hydrogens (tertiary/aromatic N) is 3. The third-order valence-corrected chi connectivity index (χ3v) is 9.22. The second-order valence-electron chi connectivity index (χ2n) is 13.7. The monoisotopic (exact) mass is 686 g/mol. The molecule has 0 saturated carbocycles. The molecule has 5 rings (SSSR count). The summed E-state index contributed by atoms with van der Waals surface area (Å²) in [5, 5.41) is 28.2. The molecule has 2 atom stereocenters. The number of ether oxygens (including phenoxy) is 1. The number of aliphatic hydroxyl groups excluding tert-OH is 1. The maximum atomic E-state index is 14.8. The highest BCUT2D eigenvalue weighted by atomic mass is 32.1. The van der Waals surface area contributed by atoms with Gasteiger partial charge in [-0.25, -0.2) is 23.4 Å². The summed E-state index contributed by atoms with van der Waals surface area (Å²) in [6.07, 6.45) is 1.22. The topological polar surface area (TPSA) is 166 Å². The molecule has 3 aromatic rings. The molecular weight excluding hydrogens is 646 g/mol. The molecule has 2 aromatic heterocycles. The smallest absolute Gasteiger partial charge is 0.412 e. The highest BCUT2D eigenvalue weighted by Gasteiger charge is 2.36. The van der Waals surface area contributed by atoms with Gasteiger partial charge in [-0.3, -0.25) is 15.1 Å². The fourth-order valence-electron chi connectivity index (χ4n) is 6.00. The molecule has 2 aliphatic rings. The van der Waals surface area contributed by atoms with Crippen LogP contribution in [0.15, 0.2) is 24.4 Å². The predicted molar refractivity (Wildman–Crippen MR) is 177 cm³/mol. The third kappa shape index (κ3) is 7.84. The first-order valence-corrected chi connectivity index (χ1v) is 16.5. The Balaban J connectivity index is 1.45. The Hall–Kier alpha value is -4.37. The Morgan fingerprint density at radius 2 is 1.81 bits per heavy atom. The normalized spacial score (nSPS) is 17.9. The summed E-state index contributed by atoms with van der Waals surface area (Å²) in [4.78, 5) is 49.1. The van der Waals surface area contributed by atoms with E-state index in [2.05, 4.69) is 25.9 Å². The number of amides is 3. The molecule has 1 aromatic carbocycles. The van der Waals surface area contributed by atoms with Crippen molar-refractivity contribution in [2.75, 3.05) is 28.6 Å². The number of rotatable bonds is 8. The van der Waals surface area contributed by atoms with Gasteiger partial charge in [0.1, 0.15) is 27.2 Å². The highest BCUT2D eigenvalue weighted by molar-refractivity contribution is 7.19. The summed E-state index contributed by atoms with van der Waals surface area (Å²) >= 11 is 0.868. The molecule has 3 amide bonds. The maximum absolute atomic E-state index is 14.8. The van der Waals surface area contributed by atoms with Crippen molar-refractivity contribution in [3.63, 3.8) is 0 Å². The number of nitrogens with one attached hydrogen (secondary N) is 3. The molecule has 1 unspecified atom stereocenters. The van der Waals surface area contributed by atoms with Crippen LogP contribution >= 0.6 is 11.3 Å². The largest absolute Gasteiger partial charge is 0.465 e. The lowest BCUT2D eigenvalue weighted by Crippen LogP contribution is -2.48. The van der Waals surface area contributed by atoms with Crippen LogP contribution < -0.4 is 20.9 Å². The van der Waals surface area contributed by atoms with Crippen molar-refractivity contribution < 1.29 is 38.1 Å². The van der Waals surface area contributed by atoms with Crippen LogP contribution in [0.3, 0.4) is 0 Å². The number of carbonyl (C=O) groups excluding carboxylic acids is 2. The highest BCUT2D eigenvalue weighted by Crippen LogP contribution is 2.43. The molecule has 1 saturated heterocycles. The minimum atomic E-state index is -1.17. The maximum Gasteiger partial charge on any atom is 0.412 e. The molecule has 5 N–H and O–H groups in total. The quantitative estimate of drug-likeness (QED) is 0.184. The number of thiazole rings is 1. The molecule has 3 heterocycles. The molecule has 0 spiro atoms. The molecule has 1 aliphatic carbocycles. The summed E-state index contributed by atoms with van der Waals surface area (Å²) < 4.78 is 34.9. The predicted octanol–water partition coefficient (Wildman–Crippen LogP) is 6.25. The molecule has 1 fully saturated rings. The van der Waals surface area contributed by atoms with Crippen molar-refractivity contribution in [1.82, 2.24) is 15.3 Å². The summed E-state index contributed by atoms with van der Waals surface area (Å²) in [6.45, 7) is 9.44. The zero-order chi connectivity index (χ0) is 35.0. The molecular formula is C33H40F2N6O6S. The van der Waals surface area contributed by atoms with Gasteiger partial charge in [0.15, 0.2) is 0 Å². The van der Waals surface area contributed by atoms with Crippen molar-refractivity contribution in [3.8, 4) is 10.6 Å². The number of pyridine rings is 1. The first kappa shape index (κ1) is 35.0. The van der Waals surface area contributed by atoms with Crippen molar-refractivity contribution in [2.45, 2.75) is 84.5 Å². The first-order valence-electron chi connectivity index (χ1n) is 15.7. The van der Waals surface area contributed by atoms with E-state index in [-0.39, 0.29) is 33.7 Å². The number of carbonyl (C=O) groups is 3. The molecule has 0 bridgehead atoms. The third-order valence-electron chi connectivity index (χ3n) is 8.19. The van der Waals surface area contributed by atoms with Crippen LogP contribution in [-0.4, -0.2) is 63.0 Å². The molecule has 48 heavy (non-hydrogen) atoms. The lowest BCUT2D eigenvalue weighted by atomic mass is 9.86. The fourth-order valence-corrected chi connectivity index (χ4v) is 7.02. The van der Waals surface area contributed by atoms with E-state index in [0.29, 0.717) is 55.8 Å². The van der Waals surface area contributed by atoms with Crippen LogP contribution in [0, 0.1) is 17.0 Å². The molecule has 0 radical (unpaired) electrons. The molecule has 12 nitrogen and oxygen atoms in total. The van der Waals surface area contributed by atoms with Gasteiger partial charge in [-0.15, -0.1) is 0 Å². The Kier molecular flexibility index (Phi) is 9.92. The zero-order valence-corrected chi connectivity index (χ0v) is 28.3. The first-order chi connectivity index (χ1) is 22.5. The van der Waals surface area contributed by atoms with Crippen molar-refractivity contribution in [3.05, 3.63) is 53.0 Å². The van der Waals surface area contributed by atoms with Gasteiger partial charge in [-0.05, 0) is 58.6 Å². The van der Waals surface area contributed by atoms with E-state index in [1.54, 1.807) is 34.6 Å².